The van der Waals surface area contributed by atoms with Gasteiger partial charge in [-0.2, -0.15) is 0 Å². The van der Waals surface area contributed by atoms with E-state index in [-0.39, 0.29) is 12.6 Å². The van der Waals surface area contributed by atoms with Gasteiger partial charge < -0.3 is 19.5 Å². The molecule has 8 nitrogen and oxygen atoms in total. The Bertz CT molecular complexity index is 398. The molecule has 0 spiro atoms. The summed E-state index contributed by atoms with van der Waals surface area (Å²) in [7, 11) is 2.52. The first-order valence-electron chi connectivity index (χ1n) is 6.75. The van der Waals surface area contributed by atoms with E-state index in [1.54, 1.807) is 0 Å². The van der Waals surface area contributed by atoms with Gasteiger partial charge in [0.25, 0.3) is 0 Å². The van der Waals surface area contributed by atoms with E-state index in [0.717, 1.165) is 0 Å². The highest BCUT2D eigenvalue weighted by Gasteiger charge is 2.43. The predicted octanol–water partition coefficient (Wildman–Crippen LogP) is -0.0901. The van der Waals surface area contributed by atoms with Crippen LogP contribution in [0.25, 0.3) is 0 Å². The van der Waals surface area contributed by atoms with Crippen molar-refractivity contribution in [2.45, 2.75) is 38.5 Å². The third kappa shape index (κ3) is 4.59. The highest BCUT2D eigenvalue weighted by Crippen LogP contribution is 2.24. The number of methoxy groups -OCH3 is 2. The van der Waals surface area contributed by atoms with Gasteiger partial charge in [0.05, 0.1) is 14.2 Å². The molecule has 0 saturated carbocycles. The van der Waals surface area contributed by atoms with Crippen molar-refractivity contribution < 1.29 is 28.6 Å². The number of esters is 2. The van der Waals surface area contributed by atoms with Crippen molar-refractivity contribution in [3.8, 4) is 0 Å². The molecular weight excluding hydrogens is 280 g/mol. The zero-order chi connectivity index (χ0) is 16.0. The molecule has 0 aromatic rings. The lowest BCUT2D eigenvalue weighted by Crippen LogP contribution is -2.48. The van der Waals surface area contributed by atoms with Crippen molar-refractivity contribution in [3.63, 3.8) is 0 Å². The molecule has 0 aromatic carbocycles. The van der Waals surface area contributed by atoms with E-state index in [9.17, 15) is 14.4 Å². The van der Waals surface area contributed by atoms with Gasteiger partial charge in [-0.15, -0.1) is 0 Å². The topological polar surface area (TPSA) is 94.2 Å². The van der Waals surface area contributed by atoms with Crippen molar-refractivity contribution in [1.82, 2.24) is 10.2 Å². The van der Waals surface area contributed by atoms with Crippen molar-refractivity contribution in [2.24, 2.45) is 0 Å². The summed E-state index contributed by atoms with van der Waals surface area (Å²) in [6.45, 7) is 4.26. The third-order valence-electron chi connectivity index (χ3n) is 3.35. The molecule has 8 heteroatoms. The Balaban J connectivity index is 2.62. The zero-order valence-corrected chi connectivity index (χ0v) is 12.8. The van der Waals surface area contributed by atoms with Crippen LogP contribution in [0, 0.1) is 0 Å². The normalized spacial score (nSPS) is 22.0. The molecule has 1 rings (SSSR count). The van der Waals surface area contributed by atoms with Gasteiger partial charge in [0.2, 0.25) is 0 Å². The second-order valence-corrected chi connectivity index (χ2v) is 4.96. The molecule has 0 radical (unpaired) electrons. The van der Waals surface area contributed by atoms with Gasteiger partial charge in [0, 0.05) is 12.6 Å². The largest absolute Gasteiger partial charge is 0.468 e. The number of nitrogens with zero attached hydrogens (tertiary/aromatic N) is 1. The molecule has 0 bridgehead atoms. The van der Waals surface area contributed by atoms with Crippen LogP contribution in [0.5, 0.6) is 0 Å². The molecule has 1 aliphatic rings. The maximum Gasteiger partial charge on any atom is 0.407 e. The number of ether oxygens (including phenoxy) is 3. The summed E-state index contributed by atoms with van der Waals surface area (Å²) >= 11 is 0. The molecule has 1 fully saturated rings. The molecule has 1 N–H and O–H groups in total. The number of carbonyl (C=O) groups is 3. The van der Waals surface area contributed by atoms with Gasteiger partial charge in [-0.3, -0.25) is 14.5 Å². The number of alkyl carbamates (subject to hydrolysis) is 1. The number of rotatable bonds is 5. The summed E-state index contributed by atoms with van der Waals surface area (Å²) in [6, 6.07) is -0.500. The molecule has 1 heterocycles. The van der Waals surface area contributed by atoms with Crippen LogP contribution in [0.1, 0.15) is 20.3 Å². The van der Waals surface area contributed by atoms with Crippen LogP contribution in [0.2, 0.25) is 0 Å². The highest BCUT2D eigenvalue weighted by atomic mass is 16.6. The van der Waals surface area contributed by atoms with Crippen molar-refractivity contribution >= 4 is 18.0 Å². The lowest BCUT2D eigenvalue weighted by molar-refractivity contribution is -0.149. The lowest BCUT2D eigenvalue weighted by Gasteiger charge is -2.28. The average Bonchev–Trinajstić information content (AvgIpc) is 2.87. The molecule has 21 heavy (non-hydrogen) atoms. The summed E-state index contributed by atoms with van der Waals surface area (Å²) in [5, 5.41) is 2.28. The minimum atomic E-state index is -0.759. The molecule has 0 unspecified atom stereocenters. The summed E-state index contributed by atoms with van der Waals surface area (Å²) in [5.41, 5.74) is 0. The lowest BCUT2D eigenvalue weighted by atomic mass is 10.1. The Kier molecular flexibility index (Phi) is 6.41. The van der Waals surface area contributed by atoms with Gasteiger partial charge in [-0.05, 0) is 20.3 Å². The second kappa shape index (κ2) is 7.82. The molecule has 2 atom stereocenters. The van der Waals surface area contributed by atoms with E-state index in [0.29, 0.717) is 13.0 Å². The molecule has 1 amide bonds. The van der Waals surface area contributed by atoms with Crippen LogP contribution in [0.3, 0.4) is 0 Å². The van der Waals surface area contributed by atoms with E-state index < -0.39 is 30.2 Å². The smallest absolute Gasteiger partial charge is 0.407 e. The maximum atomic E-state index is 11.9. The molecule has 120 valence electrons. The molecule has 0 aromatic heterocycles. The van der Waals surface area contributed by atoms with E-state index in [1.165, 1.54) is 14.2 Å². The van der Waals surface area contributed by atoms with Gasteiger partial charge in [-0.25, -0.2) is 4.79 Å². The van der Waals surface area contributed by atoms with Crippen LogP contribution in [0.15, 0.2) is 0 Å². The summed E-state index contributed by atoms with van der Waals surface area (Å²) in [4.78, 5) is 36.4. The standard InChI is InChI=1S/C13H22N2O6/c1-8(2)15-6-5-9(11(15)12(17)20-4)21-13(18)14-7-10(16)19-3/h8-9,11H,5-7H2,1-4H3,(H,14,18)/t9-,11+/m1/s1. The van der Waals surface area contributed by atoms with Gasteiger partial charge in [0.1, 0.15) is 18.7 Å². The number of likely N-dealkylation sites (tertiary alicyclic amines) is 1. The van der Waals surface area contributed by atoms with Crippen LogP contribution < -0.4 is 5.32 Å². The third-order valence-corrected chi connectivity index (χ3v) is 3.35. The second-order valence-electron chi connectivity index (χ2n) is 4.96. The summed E-state index contributed by atoms with van der Waals surface area (Å²) < 4.78 is 14.4. The van der Waals surface area contributed by atoms with Gasteiger partial charge >= 0.3 is 18.0 Å². The number of hydrogen-bond acceptors (Lipinski definition) is 7. The van der Waals surface area contributed by atoms with Crippen LogP contribution in [0.4, 0.5) is 4.79 Å². The first-order chi connectivity index (χ1) is 9.90. The van der Waals surface area contributed by atoms with E-state index >= 15 is 0 Å². The first kappa shape index (κ1) is 17.2. The molecule has 1 aliphatic heterocycles. The van der Waals surface area contributed by atoms with Crippen LogP contribution >= 0.6 is 0 Å². The Morgan fingerprint density at radius 2 is 1.90 bits per heavy atom. The maximum absolute atomic E-state index is 11.9. The van der Waals surface area contributed by atoms with E-state index in [2.05, 4.69) is 10.1 Å². The molecular formula is C13H22N2O6. The minimum absolute atomic E-state index is 0.126. The minimum Gasteiger partial charge on any atom is -0.468 e. The predicted molar refractivity (Wildman–Crippen MR) is 72.6 cm³/mol. The van der Waals surface area contributed by atoms with Crippen molar-refractivity contribution in [1.29, 1.82) is 0 Å². The zero-order valence-electron chi connectivity index (χ0n) is 12.8. The fourth-order valence-corrected chi connectivity index (χ4v) is 2.29. The Morgan fingerprint density at radius 1 is 1.24 bits per heavy atom. The summed E-state index contributed by atoms with van der Waals surface area (Å²) in [5.74, 6) is -1.02. The first-order valence-corrected chi connectivity index (χ1v) is 6.75. The monoisotopic (exact) mass is 302 g/mol. The summed E-state index contributed by atoms with van der Waals surface area (Å²) in [6.07, 6.45) is -0.828. The van der Waals surface area contributed by atoms with Gasteiger partial charge in [0.15, 0.2) is 0 Å². The fourth-order valence-electron chi connectivity index (χ4n) is 2.29. The van der Waals surface area contributed by atoms with E-state index in [1.807, 2.05) is 18.7 Å². The van der Waals surface area contributed by atoms with E-state index in [4.69, 9.17) is 9.47 Å². The van der Waals surface area contributed by atoms with Crippen molar-refractivity contribution in [3.05, 3.63) is 0 Å². The molecule has 0 aliphatic carbocycles. The van der Waals surface area contributed by atoms with Gasteiger partial charge in [-0.1, -0.05) is 0 Å². The Morgan fingerprint density at radius 3 is 2.43 bits per heavy atom. The number of carbonyl (C=O) groups excluding carboxylic acids is 3. The van der Waals surface area contributed by atoms with Crippen molar-refractivity contribution in [2.75, 3.05) is 27.3 Å². The van der Waals surface area contributed by atoms with Crippen LogP contribution in [-0.2, 0) is 23.8 Å². The quantitative estimate of drug-likeness (QED) is 0.560. The average molecular weight is 302 g/mol. The number of hydrogen-bond donors (Lipinski definition) is 1. The molecule has 1 saturated heterocycles. The fraction of sp³-hybridized carbons (Fsp3) is 0.769. The number of nitrogens with one attached hydrogen (secondary N) is 1. The Hall–Kier alpha value is -1.83. The number of amides is 1. The Labute approximate surface area is 123 Å². The highest BCUT2D eigenvalue weighted by molar-refractivity contribution is 5.79. The SMILES string of the molecule is COC(=O)CNC(=O)O[C@@H]1CCN(C(C)C)[C@@H]1C(=O)OC. The van der Waals surface area contributed by atoms with Crippen LogP contribution in [-0.4, -0.2) is 68.4 Å².